The second-order valence-electron chi connectivity index (χ2n) is 10.4. The zero-order chi connectivity index (χ0) is 29.4. The normalized spacial score (nSPS) is 27.9. The fourth-order valence-electron chi connectivity index (χ4n) is 4.58. The quantitative estimate of drug-likeness (QED) is 0.176. The third-order valence-electron chi connectivity index (χ3n) is 6.84. The third-order valence-corrected chi connectivity index (χ3v) is 8.37. The van der Waals surface area contributed by atoms with Gasteiger partial charge in [0, 0.05) is 6.92 Å². The van der Waals surface area contributed by atoms with Crippen LogP contribution < -0.4 is 19.7 Å². The molecular weight excluding hydrogens is 547 g/mol. The van der Waals surface area contributed by atoms with Crippen LogP contribution in [0, 0.1) is 5.92 Å². The van der Waals surface area contributed by atoms with Crippen molar-refractivity contribution in [3.8, 4) is 11.5 Å². The lowest BCUT2D eigenvalue weighted by atomic mass is 9.97. The largest absolute Gasteiger partial charge is 0.497 e. The zero-order valence-corrected chi connectivity index (χ0v) is 24.1. The van der Waals surface area contributed by atoms with Crippen LogP contribution >= 0.6 is 7.75 Å². The molecule has 2 fully saturated rings. The maximum Gasteiger partial charge on any atom is 0.459 e. The molecule has 226 valence electrons. The highest BCUT2D eigenvalue weighted by Gasteiger charge is 2.46. The molecule has 5 N–H and O–H groups in total. The summed E-state index contributed by atoms with van der Waals surface area (Å²) in [7, 11) is -2.88. The van der Waals surface area contributed by atoms with E-state index in [2.05, 4.69) is 10.4 Å². The number of carbonyl (C=O) groups excluding carboxylic acids is 2. The van der Waals surface area contributed by atoms with Gasteiger partial charge in [0.1, 0.15) is 48.0 Å². The standard InChI is InChI=1S/C26H41N2O11P/c1-15(2)21(25(32)37-18-8-6-5-7-9-18)28-40(34,39-19-12-10-17(35-4)11-13-19)36-14-20-23(30)24(31)22(26(33)38-20)27-16(3)29/h10-13,15,18,20-24,26,30-31,33H,5-9,14H2,1-4H3,(H,27,29)(H,28,34)/t20-,21+,22-,23-,24-,26?,40?/m1/s1. The molecule has 14 heteroatoms. The van der Waals surface area contributed by atoms with E-state index in [1.165, 1.54) is 26.2 Å². The summed E-state index contributed by atoms with van der Waals surface area (Å²) >= 11 is 0. The minimum absolute atomic E-state index is 0.135. The van der Waals surface area contributed by atoms with Crippen LogP contribution in [0.5, 0.6) is 11.5 Å². The predicted octanol–water partition coefficient (Wildman–Crippen LogP) is 1.63. The number of hydrogen-bond acceptors (Lipinski definition) is 11. The van der Waals surface area contributed by atoms with Crippen LogP contribution in [0.2, 0.25) is 0 Å². The van der Waals surface area contributed by atoms with Gasteiger partial charge in [0.15, 0.2) is 6.29 Å². The van der Waals surface area contributed by atoms with E-state index in [9.17, 15) is 29.5 Å². The monoisotopic (exact) mass is 588 g/mol. The molecule has 1 amide bonds. The average molecular weight is 589 g/mol. The molecule has 7 atom stereocenters. The van der Waals surface area contributed by atoms with Gasteiger partial charge in [0.25, 0.3) is 0 Å². The van der Waals surface area contributed by atoms with Crippen LogP contribution in [0.4, 0.5) is 0 Å². The van der Waals surface area contributed by atoms with E-state index in [-0.39, 0.29) is 17.8 Å². The average Bonchev–Trinajstić information content (AvgIpc) is 2.92. The molecule has 1 aromatic rings. The second kappa shape index (κ2) is 14.6. The first-order valence-electron chi connectivity index (χ1n) is 13.5. The van der Waals surface area contributed by atoms with Crippen LogP contribution in [0.3, 0.4) is 0 Å². The molecule has 1 aliphatic carbocycles. The first kappa shape index (κ1) is 32.3. The summed E-state index contributed by atoms with van der Waals surface area (Å²) in [4.78, 5) is 24.5. The lowest BCUT2D eigenvalue weighted by molar-refractivity contribution is -0.252. The van der Waals surface area contributed by atoms with Gasteiger partial charge in [-0.1, -0.05) is 20.3 Å². The van der Waals surface area contributed by atoms with Gasteiger partial charge in [-0.25, -0.2) is 4.57 Å². The minimum Gasteiger partial charge on any atom is -0.497 e. The van der Waals surface area contributed by atoms with Crippen molar-refractivity contribution in [3.63, 3.8) is 0 Å². The first-order chi connectivity index (χ1) is 18.9. The molecule has 0 bridgehead atoms. The van der Waals surface area contributed by atoms with Crippen molar-refractivity contribution in [1.82, 2.24) is 10.4 Å². The molecular formula is C26H41N2O11P. The van der Waals surface area contributed by atoms with Gasteiger partial charge in [-0.05, 0) is 55.9 Å². The van der Waals surface area contributed by atoms with Crippen molar-refractivity contribution in [2.75, 3.05) is 13.7 Å². The molecule has 2 aliphatic rings. The van der Waals surface area contributed by atoms with Crippen molar-refractivity contribution in [2.24, 2.45) is 5.92 Å². The summed E-state index contributed by atoms with van der Waals surface area (Å²) in [6.07, 6.45) is -1.95. The lowest BCUT2D eigenvalue weighted by Gasteiger charge is -2.41. The Hall–Kier alpha value is -2.25. The highest BCUT2D eigenvalue weighted by Crippen LogP contribution is 2.46. The molecule has 40 heavy (non-hydrogen) atoms. The molecule has 0 aromatic heterocycles. The van der Waals surface area contributed by atoms with Crippen molar-refractivity contribution < 1.29 is 52.7 Å². The lowest BCUT2D eigenvalue weighted by Crippen LogP contribution is -2.64. The fourth-order valence-corrected chi connectivity index (χ4v) is 6.24. The van der Waals surface area contributed by atoms with Crippen molar-refractivity contribution in [3.05, 3.63) is 24.3 Å². The maximum atomic E-state index is 14.1. The van der Waals surface area contributed by atoms with Crippen molar-refractivity contribution in [2.45, 2.75) is 95.7 Å². The topological polar surface area (TPSA) is 182 Å². The Morgan fingerprint density at radius 3 is 2.25 bits per heavy atom. The molecule has 0 radical (unpaired) electrons. The maximum absolute atomic E-state index is 14.1. The van der Waals surface area contributed by atoms with E-state index in [0.717, 1.165) is 32.1 Å². The zero-order valence-electron chi connectivity index (χ0n) is 23.2. The summed E-state index contributed by atoms with van der Waals surface area (Å²) in [6.45, 7) is 4.08. The van der Waals surface area contributed by atoms with Gasteiger partial charge in [0.2, 0.25) is 5.91 Å². The predicted molar refractivity (Wildman–Crippen MR) is 142 cm³/mol. The Bertz CT molecular complexity index is 1020. The summed E-state index contributed by atoms with van der Waals surface area (Å²) in [5.41, 5.74) is 0. The molecule has 0 spiro atoms. The van der Waals surface area contributed by atoms with Gasteiger partial charge in [0.05, 0.1) is 13.7 Å². The van der Waals surface area contributed by atoms with Crippen molar-refractivity contribution >= 4 is 19.6 Å². The van der Waals surface area contributed by atoms with Crippen LogP contribution in [-0.4, -0.2) is 83.7 Å². The number of aliphatic hydroxyl groups is 3. The number of esters is 1. The van der Waals surface area contributed by atoms with Crippen LogP contribution in [0.15, 0.2) is 24.3 Å². The van der Waals surface area contributed by atoms with E-state index in [0.29, 0.717) is 5.75 Å². The summed E-state index contributed by atoms with van der Waals surface area (Å²) in [6, 6.07) is 3.81. The van der Waals surface area contributed by atoms with Gasteiger partial charge in [-0.2, -0.15) is 5.09 Å². The SMILES string of the molecule is COc1ccc(OP(=O)(N[C@H](C(=O)OC2CCCCC2)C(C)C)OC[C@H]2OC(O)[C@H](NC(C)=O)[C@@H](O)[C@@H]2O)cc1. The highest BCUT2D eigenvalue weighted by atomic mass is 31.2. The Balaban J connectivity index is 1.78. The van der Waals surface area contributed by atoms with Gasteiger partial charge < -0.3 is 39.4 Å². The number of amides is 1. The highest BCUT2D eigenvalue weighted by molar-refractivity contribution is 7.52. The number of aliphatic hydroxyl groups excluding tert-OH is 3. The number of carbonyl (C=O) groups is 2. The molecule has 1 aliphatic heterocycles. The van der Waals surface area contributed by atoms with Gasteiger partial charge >= 0.3 is 13.7 Å². The number of benzene rings is 1. The van der Waals surface area contributed by atoms with E-state index in [1.807, 2.05) is 0 Å². The van der Waals surface area contributed by atoms with Crippen LogP contribution in [-0.2, 0) is 28.2 Å². The van der Waals surface area contributed by atoms with Crippen LogP contribution in [0.1, 0.15) is 52.9 Å². The number of rotatable bonds is 12. The summed E-state index contributed by atoms with van der Waals surface area (Å²) in [5, 5.41) is 36.3. The number of ether oxygens (including phenoxy) is 3. The third kappa shape index (κ3) is 8.87. The number of nitrogens with one attached hydrogen (secondary N) is 2. The Kier molecular flexibility index (Phi) is 11.8. The van der Waals surface area contributed by atoms with E-state index < -0.39 is 62.9 Å². The molecule has 3 rings (SSSR count). The Morgan fingerprint density at radius 1 is 1.05 bits per heavy atom. The molecule has 1 heterocycles. The van der Waals surface area contributed by atoms with E-state index in [4.69, 9.17) is 23.3 Å². The molecule has 2 unspecified atom stereocenters. The first-order valence-corrected chi connectivity index (χ1v) is 15.0. The Labute approximate surface area is 234 Å². The summed E-state index contributed by atoms with van der Waals surface area (Å²) in [5.74, 6) is -0.846. The van der Waals surface area contributed by atoms with Crippen LogP contribution in [0.25, 0.3) is 0 Å². The van der Waals surface area contributed by atoms with E-state index in [1.54, 1.807) is 26.0 Å². The Morgan fingerprint density at radius 2 is 1.68 bits per heavy atom. The van der Waals surface area contributed by atoms with E-state index >= 15 is 0 Å². The van der Waals surface area contributed by atoms with Crippen molar-refractivity contribution in [1.29, 1.82) is 0 Å². The van der Waals surface area contributed by atoms with Gasteiger partial charge in [-0.15, -0.1) is 0 Å². The molecule has 1 saturated carbocycles. The summed E-state index contributed by atoms with van der Waals surface area (Å²) < 4.78 is 41.6. The smallest absolute Gasteiger partial charge is 0.459 e. The molecule has 1 aromatic carbocycles. The number of hydrogen-bond donors (Lipinski definition) is 5. The minimum atomic E-state index is -4.37. The number of methoxy groups -OCH3 is 1. The molecule has 1 saturated heterocycles. The second-order valence-corrected chi connectivity index (χ2v) is 12.1. The molecule has 13 nitrogen and oxygen atoms in total. The van der Waals surface area contributed by atoms with Gasteiger partial charge in [-0.3, -0.25) is 14.1 Å². The fraction of sp³-hybridized carbons (Fsp3) is 0.692.